The van der Waals surface area contributed by atoms with Crippen molar-refractivity contribution in [3.63, 3.8) is 0 Å². The number of nitrogens with zero attached hydrogens (tertiary/aromatic N) is 3. The quantitative estimate of drug-likeness (QED) is 0.697. The molecule has 0 bridgehead atoms. The Morgan fingerprint density at radius 1 is 1.33 bits per heavy atom. The number of rotatable bonds is 4. The maximum atomic E-state index is 12.7. The minimum Gasteiger partial charge on any atom is -0.475 e. The smallest absolute Gasteiger partial charge is 0.308 e. The number of ether oxygens (including phenoxy) is 2. The predicted octanol–water partition coefficient (Wildman–Crippen LogP) is 2.37. The lowest BCUT2D eigenvalue weighted by molar-refractivity contribution is -0.143. The third-order valence-corrected chi connectivity index (χ3v) is 5.98. The second kappa shape index (κ2) is 8.57. The van der Waals surface area contributed by atoms with Crippen LogP contribution in [0.25, 0.3) is 6.08 Å². The average Bonchev–Trinajstić information content (AvgIpc) is 3.38. The van der Waals surface area contributed by atoms with Gasteiger partial charge in [0, 0.05) is 37.0 Å². The Labute approximate surface area is 191 Å². The topological polar surface area (TPSA) is 109 Å². The molecule has 0 saturated carbocycles. The molecule has 9 nitrogen and oxygen atoms in total. The SMILES string of the molecule is COC(=O)CC1Nc2ccc(C3=NC(c4nc5c([nH]4)CC=CC=C5)CO3)cc2CN(C)C1=O. The molecule has 3 heterocycles. The minimum atomic E-state index is -0.669. The standard InChI is InChI=1S/C24H25N5O4/c1-29-12-15-10-14(8-9-16(15)25-19(24(29)31)11-21(30)32-2)23-28-20(13-33-23)22-26-17-6-4-3-5-7-18(17)27-22/h3-6,8-10,19-20,25H,7,11-13H2,1-2H3,(H,26,27). The van der Waals surface area contributed by atoms with Crippen LogP contribution in [0.2, 0.25) is 0 Å². The maximum Gasteiger partial charge on any atom is 0.308 e. The zero-order valence-electron chi connectivity index (χ0n) is 18.5. The molecule has 1 aromatic heterocycles. The zero-order chi connectivity index (χ0) is 22.9. The van der Waals surface area contributed by atoms with Crippen LogP contribution in [0.5, 0.6) is 0 Å². The Morgan fingerprint density at radius 2 is 2.21 bits per heavy atom. The number of nitrogens with one attached hydrogen (secondary N) is 2. The van der Waals surface area contributed by atoms with E-state index in [2.05, 4.69) is 16.4 Å². The van der Waals surface area contributed by atoms with Gasteiger partial charge in [-0.3, -0.25) is 9.59 Å². The van der Waals surface area contributed by atoms with Crippen LogP contribution in [0.15, 0.2) is 41.4 Å². The number of aromatic amines is 1. The van der Waals surface area contributed by atoms with Crippen LogP contribution in [0.3, 0.4) is 0 Å². The molecule has 33 heavy (non-hydrogen) atoms. The van der Waals surface area contributed by atoms with Gasteiger partial charge in [-0.25, -0.2) is 9.98 Å². The van der Waals surface area contributed by atoms with E-state index in [4.69, 9.17) is 19.5 Å². The Bertz CT molecular complexity index is 1200. The predicted molar refractivity (Wildman–Crippen MR) is 123 cm³/mol. The normalized spacial score (nSPS) is 21.3. The van der Waals surface area contributed by atoms with Gasteiger partial charge in [0.2, 0.25) is 11.8 Å². The van der Waals surface area contributed by atoms with Crippen LogP contribution >= 0.6 is 0 Å². The molecule has 2 N–H and O–H groups in total. The first kappa shape index (κ1) is 21.0. The highest BCUT2D eigenvalue weighted by Crippen LogP contribution is 2.29. The molecule has 9 heteroatoms. The van der Waals surface area contributed by atoms with E-state index in [1.165, 1.54) is 7.11 Å². The summed E-state index contributed by atoms with van der Waals surface area (Å²) in [5, 5.41) is 3.19. The van der Waals surface area contributed by atoms with Crippen molar-refractivity contribution in [1.82, 2.24) is 14.9 Å². The van der Waals surface area contributed by atoms with Crippen molar-refractivity contribution in [3.05, 3.63) is 64.8 Å². The molecule has 2 aromatic rings. The monoisotopic (exact) mass is 447 g/mol. The van der Waals surface area contributed by atoms with E-state index in [1.54, 1.807) is 11.9 Å². The highest BCUT2D eigenvalue weighted by atomic mass is 16.5. The molecule has 1 aromatic carbocycles. The van der Waals surface area contributed by atoms with Crippen LogP contribution in [-0.4, -0.2) is 59.4 Å². The Balaban J connectivity index is 1.38. The molecule has 170 valence electrons. The molecular formula is C24H25N5O4. The van der Waals surface area contributed by atoms with Crippen LogP contribution in [-0.2, 0) is 32.0 Å². The number of H-pyrrole nitrogens is 1. The summed E-state index contributed by atoms with van der Waals surface area (Å²) in [6.07, 6.45) is 8.85. The van der Waals surface area contributed by atoms with E-state index < -0.39 is 12.0 Å². The number of aromatic nitrogens is 2. The molecule has 5 rings (SSSR count). The van der Waals surface area contributed by atoms with E-state index in [9.17, 15) is 9.59 Å². The van der Waals surface area contributed by atoms with Gasteiger partial charge in [-0.15, -0.1) is 0 Å². The van der Waals surface area contributed by atoms with Gasteiger partial charge in [0.25, 0.3) is 0 Å². The summed E-state index contributed by atoms with van der Waals surface area (Å²) in [7, 11) is 3.04. The lowest BCUT2D eigenvalue weighted by Crippen LogP contribution is -2.39. The van der Waals surface area contributed by atoms with Crippen LogP contribution in [0.1, 0.15) is 40.8 Å². The molecule has 2 aliphatic heterocycles. The molecule has 2 unspecified atom stereocenters. The van der Waals surface area contributed by atoms with Crippen LogP contribution in [0.4, 0.5) is 5.69 Å². The largest absolute Gasteiger partial charge is 0.475 e. The molecule has 1 aliphatic carbocycles. The van der Waals surface area contributed by atoms with Gasteiger partial charge in [-0.05, 0) is 29.8 Å². The number of fused-ring (bicyclic) bond motifs is 2. The number of amides is 1. The van der Waals surface area contributed by atoms with Crippen LogP contribution in [0, 0.1) is 0 Å². The van der Waals surface area contributed by atoms with Crippen LogP contribution < -0.4 is 5.32 Å². The molecule has 2 atom stereocenters. The number of carbonyl (C=O) groups is 2. The van der Waals surface area contributed by atoms with Crippen molar-refractivity contribution < 1.29 is 19.1 Å². The number of hydrogen-bond donors (Lipinski definition) is 2. The van der Waals surface area contributed by atoms with E-state index in [0.717, 1.165) is 40.4 Å². The van der Waals surface area contributed by atoms with Crippen molar-refractivity contribution in [2.75, 3.05) is 26.1 Å². The first-order valence-electron chi connectivity index (χ1n) is 10.9. The molecular weight excluding hydrogens is 422 g/mol. The van der Waals surface area contributed by atoms with Gasteiger partial charge >= 0.3 is 5.97 Å². The average molecular weight is 447 g/mol. The second-order valence-corrected chi connectivity index (χ2v) is 8.28. The van der Waals surface area contributed by atoms with Gasteiger partial charge < -0.3 is 24.7 Å². The fraction of sp³-hybridized carbons (Fsp3) is 0.333. The Hall–Kier alpha value is -3.88. The molecule has 3 aliphatic rings. The van der Waals surface area contributed by atoms with Crippen molar-refractivity contribution >= 4 is 29.5 Å². The number of carbonyl (C=O) groups excluding carboxylic acids is 2. The first-order valence-corrected chi connectivity index (χ1v) is 10.9. The summed E-state index contributed by atoms with van der Waals surface area (Å²) in [4.78, 5) is 38.9. The summed E-state index contributed by atoms with van der Waals surface area (Å²) < 4.78 is 10.7. The first-order chi connectivity index (χ1) is 16.0. The molecule has 0 spiro atoms. The van der Waals surface area contributed by atoms with E-state index in [-0.39, 0.29) is 18.4 Å². The number of hydrogen-bond acceptors (Lipinski definition) is 7. The number of likely N-dealkylation sites (N-methyl/N-ethyl adjacent to an activating group) is 1. The highest BCUT2D eigenvalue weighted by molar-refractivity contribution is 5.96. The second-order valence-electron chi connectivity index (χ2n) is 8.28. The molecule has 0 radical (unpaired) electrons. The number of imidazole rings is 1. The zero-order valence-corrected chi connectivity index (χ0v) is 18.5. The van der Waals surface area contributed by atoms with Crippen molar-refractivity contribution in [2.45, 2.75) is 31.5 Å². The third-order valence-electron chi connectivity index (χ3n) is 5.98. The van der Waals surface area contributed by atoms with Crippen molar-refractivity contribution in [1.29, 1.82) is 0 Å². The van der Waals surface area contributed by atoms with E-state index in [0.29, 0.717) is 19.0 Å². The number of allylic oxidation sites excluding steroid dienone is 3. The lowest BCUT2D eigenvalue weighted by Gasteiger charge is -2.19. The van der Waals surface area contributed by atoms with E-state index in [1.807, 2.05) is 36.4 Å². The fourth-order valence-corrected chi connectivity index (χ4v) is 4.21. The minimum absolute atomic E-state index is 0.0313. The highest BCUT2D eigenvalue weighted by Gasteiger charge is 2.30. The Kier molecular flexibility index (Phi) is 5.45. The Morgan fingerprint density at radius 3 is 3.06 bits per heavy atom. The number of aliphatic imine (C=N–C) groups is 1. The number of anilines is 1. The van der Waals surface area contributed by atoms with Gasteiger partial charge in [0.05, 0.1) is 19.2 Å². The summed E-state index contributed by atoms with van der Waals surface area (Å²) in [6.45, 7) is 0.824. The number of methoxy groups -OCH3 is 1. The maximum absolute atomic E-state index is 12.7. The summed E-state index contributed by atoms with van der Waals surface area (Å²) in [6, 6.07) is 4.90. The van der Waals surface area contributed by atoms with Crippen molar-refractivity contribution in [2.24, 2.45) is 4.99 Å². The lowest BCUT2D eigenvalue weighted by atomic mass is 10.1. The molecule has 0 saturated heterocycles. The van der Waals surface area contributed by atoms with E-state index >= 15 is 0 Å². The number of benzene rings is 1. The third kappa shape index (κ3) is 4.13. The summed E-state index contributed by atoms with van der Waals surface area (Å²) in [5.74, 6) is 0.751. The van der Waals surface area contributed by atoms with Crippen molar-refractivity contribution in [3.8, 4) is 0 Å². The van der Waals surface area contributed by atoms with Gasteiger partial charge in [0.1, 0.15) is 24.5 Å². The number of esters is 1. The summed E-state index contributed by atoms with van der Waals surface area (Å²) >= 11 is 0. The van der Waals surface area contributed by atoms with Gasteiger partial charge in [0.15, 0.2) is 0 Å². The van der Waals surface area contributed by atoms with Gasteiger partial charge in [-0.1, -0.05) is 18.2 Å². The molecule has 1 amide bonds. The molecule has 0 fully saturated rings. The van der Waals surface area contributed by atoms with Gasteiger partial charge in [-0.2, -0.15) is 0 Å². The summed E-state index contributed by atoms with van der Waals surface area (Å²) in [5.41, 5.74) is 4.57. The fourth-order valence-electron chi connectivity index (χ4n) is 4.21.